The molecule has 1 aliphatic heterocycles. The van der Waals surface area contributed by atoms with E-state index in [1.165, 1.54) is 0 Å². The van der Waals surface area contributed by atoms with E-state index in [9.17, 15) is 4.79 Å². The number of carbonyl (C=O) groups excluding carboxylic acids is 1. The summed E-state index contributed by atoms with van der Waals surface area (Å²) in [6.45, 7) is 0.752. The van der Waals surface area contributed by atoms with Gasteiger partial charge in [0.25, 0.3) is 0 Å². The molecule has 18 heavy (non-hydrogen) atoms. The minimum Gasteiger partial charge on any atom is -0.368 e. The van der Waals surface area contributed by atoms with E-state index in [2.05, 4.69) is 10.1 Å². The maximum atomic E-state index is 11.4. The molecule has 0 aliphatic carbocycles. The molecule has 2 N–H and O–H groups in total. The highest BCUT2D eigenvalue weighted by molar-refractivity contribution is 6.28. The SMILES string of the molecule is NC(=O)C1CCCN1c1nc(Cl)nn2cccc12. The third-order valence-electron chi connectivity index (χ3n) is 3.20. The van der Waals surface area contributed by atoms with Gasteiger partial charge in [-0.05, 0) is 36.6 Å². The molecule has 0 bridgehead atoms. The highest BCUT2D eigenvalue weighted by Crippen LogP contribution is 2.28. The molecule has 94 valence electrons. The van der Waals surface area contributed by atoms with Gasteiger partial charge in [-0.3, -0.25) is 4.79 Å². The lowest BCUT2D eigenvalue weighted by Crippen LogP contribution is -2.41. The predicted octanol–water partition coefficient (Wildman–Crippen LogP) is 0.837. The Hall–Kier alpha value is -1.82. The maximum Gasteiger partial charge on any atom is 0.243 e. The molecule has 0 aromatic carbocycles. The third kappa shape index (κ3) is 1.69. The van der Waals surface area contributed by atoms with Crippen LogP contribution >= 0.6 is 11.6 Å². The molecule has 6 nitrogen and oxygen atoms in total. The second-order valence-corrected chi connectivity index (χ2v) is 4.63. The molecule has 0 spiro atoms. The topological polar surface area (TPSA) is 76.5 Å². The van der Waals surface area contributed by atoms with Gasteiger partial charge in [0, 0.05) is 12.7 Å². The number of hydrogen-bond donors (Lipinski definition) is 1. The van der Waals surface area contributed by atoms with Crippen LogP contribution in [0.15, 0.2) is 18.3 Å². The number of primary amides is 1. The lowest BCUT2D eigenvalue weighted by molar-refractivity contribution is -0.119. The highest BCUT2D eigenvalue weighted by atomic mass is 35.5. The number of carbonyl (C=O) groups is 1. The second-order valence-electron chi connectivity index (χ2n) is 4.30. The normalized spacial score (nSPS) is 19.6. The number of anilines is 1. The van der Waals surface area contributed by atoms with Crippen molar-refractivity contribution in [1.29, 1.82) is 0 Å². The van der Waals surface area contributed by atoms with E-state index >= 15 is 0 Å². The Morgan fingerprint density at radius 2 is 2.39 bits per heavy atom. The second kappa shape index (κ2) is 4.13. The molecular weight excluding hydrogens is 254 g/mol. The van der Waals surface area contributed by atoms with Crippen LogP contribution in [0, 0.1) is 0 Å². The van der Waals surface area contributed by atoms with Gasteiger partial charge in [0.2, 0.25) is 11.2 Å². The maximum absolute atomic E-state index is 11.4. The van der Waals surface area contributed by atoms with Crippen molar-refractivity contribution in [2.24, 2.45) is 5.73 Å². The van der Waals surface area contributed by atoms with Crippen molar-refractivity contribution < 1.29 is 4.79 Å². The van der Waals surface area contributed by atoms with E-state index in [1.807, 2.05) is 17.0 Å². The van der Waals surface area contributed by atoms with Crippen molar-refractivity contribution >= 4 is 28.8 Å². The van der Waals surface area contributed by atoms with Gasteiger partial charge in [0.1, 0.15) is 11.6 Å². The fourth-order valence-corrected chi connectivity index (χ4v) is 2.58. The number of nitrogens with zero attached hydrogens (tertiary/aromatic N) is 4. The Bertz CT molecular complexity index is 610. The predicted molar refractivity (Wildman–Crippen MR) is 67.6 cm³/mol. The van der Waals surface area contributed by atoms with Crippen molar-refractivity contribution in [3.63, 3.8) is 0 Å². The Kier molecular flexibility index (Phi) is 2.59. The number of rotatable bonds is 2. The number of hydrogen-bond acceptors (Lipinski definition) is 4. The minimum atomic E-state index is -0.327. The summed E-state index contributed by atoms with van der Waals surface area (Å²) in [6, 6.07) is 3.44. The molecule has 0 saturated carbocycles. The van der Waals surface area contributed by atoms with E-state index in [4.69, 9.17) is 17.3 Å². The number of aromatic nitrogens is 3. The van der Waals surface area contributed by atoms with Crippen molar-refractivity contribution in [2.45, 2.75) is 18.9 Å². The van der Waals surface area contributed by atoms with Gasteiger partial charge in [-0.25, -0.2) is 4.52 Å². The fraction of sp³-hybridized carbons (Fsp3) is 0.364. The zero-order valence-electron chi connectivity index (χ0n) is 9.58. The van der Waals surface area contributed by atoms with E-state index in [0.717, 1.165) is 24.9 Å². The van der Waals surface area contributed by atoms with Crippen molar-refractivity contribution in [3.05, 3.63) is 23.6 Å². The standard InChI is InChI=1S/C11H12ClN5O/c12-11-14-10(8-4-2-6-17(8)15-11)16-5-1-3-7(16)9(13)18/h2,4,6-7H,1,3,5H2,(H2,13,18). The summed E-state index contributed by atoms with van der Waals surface area (Å²) in [4.78, 5) is 17.6. The summed E-state index contributed by atoms with van der Waals surface area (Å²) in [5, 5.41) is 4.22. The average molecular weight is 266 g/mol. The molecule has 1 atom stereocenters. The quantitative estimate of drug-likeness (QED) is 0.873. The molecule has 1 fully saturated rings. The summed E-state index contributed by atoms with van der Waals surface area (Å²) >= 11 is 5.90. The zero-order chi connectivity index (χ0) is 12.7. The van der Waals surface area contributed by atoms with Gasteiger partial charge in [0.05, 0.1) is 0 Å². The summed E-state index contributed by atoms with van der Waals surface area (Å²) in [5.74, 6) is 0.341. The Labute approximate surface area is 108 Å². The van der Waals surface area contributed by atoms with Crippen LogP contribution in [0.25, 0.3) is 5.52 Å². The zero-order valence-corrected chi connectivity index (χ0v) is 10.3. The van der Waals surface area contributed by atoms with Crippen LogP contribution in [-0.2, 0) is 4.79 Å². The van der Waals surface area contributed by atoms with Gasteiger partial charge >= 0.3 is 0 Å². The first kappa shape index (κ1) is 11.3. The van der Waals surface area contributed by atoms with Crippen LogP contribution in [0.5, 0.6) is 0 Å². The van der Waals surface area contributed by atoms with Gasteiger partial charge in [0.15, 0.2) is 5.82 Å². The number of amides is 1. The van der Waals surface area contributed by atoms with Gasteiger partial charge < -0.3 is 10.6 Å². The number of halogens is 1. The molecule has 7 heteroatoms. The van der Waals surface area contributed by atoms with Gasteiger partial charge in [-0.15, -0.1) is 5.10 Å². The highest BCUT2D eigenvalue weighted by Gasteiger charge is 2.31. The van der Waals surface area contributed by atoms with Crippen molar-refractivity contribution in [2.75, 3.05) is 11.4 Å². The van der Waals surface area contributed by atoms with Crippen LogP contribution in [-0.4, -0.2) is 33.1 Å². The monoisotopic (exact) mass is 265 g/mol. The Morgan fingerprint density at radius 1 is 1.56 bits per heavy atom. The molecule has 1 amide bonds. The lowest BCUT2D eigenvalue weighted by Gasteiger charge is -2.23. The molecule has 2 aromatic heterocycles. The molecule has 3 heterocycles. The van der Waals surface area contributed by atoms with E-state index in [1.54, 1.807) is 10.7 Å². The number of nitrogens with two attached hydrogens (primary N) is 1. The molecule has 1 unspecified atom stereocenters. The van der Waals surface area contributed by atoms with Gasteiger partial charge in [-0.1, -0.05) is 0 Å². The smallest absolute Gasteiger partial charge is 0.243 e. The van der Waals surface area contributed by atoms with Crippen LogP contribution in [0.1, 0.15) is 12.8 Å². The minimum absolute atomic E-state index is 0.156. The van der Waals surface area contributed by atoms with Gasteiger partial charge in [-0.2, -0.15) is 4.98 Å². The average Bonchev–Trinajstić information content (AvgIpc) is 2.95. The van der Waals surface area contributed by atoms with Crippen molar-refractivity contribution in [1.82, 2.24) is 14.6 Å². The third-order valence-corrected chi connectivity index (χ3v) is 3.36. The first-order valence-corrected chi connectivity index (χ1v) is 6.11. The van der Waals surface area contributed by atoms with Crippen molar-refractivity contribution in [3.8, 4) is 0 Å². The Morgan fingerprint density at radius 3 is 3.17 bits per heavy atom. The van der Waals surface area contributed by atoms with E-state index in [0.29, 0.717) is 5.82 Å². The van der Waals surface area contributed by atoms with Crippen LogP contribution in [0.4, 0.5) is 5.82 Å². The number of fused-ring (bicyclic) bond motifs is 1. The first-order chi connectivity index (χ1) is 8.66. The summed E-state index contributed by atoms with van der Waals surface area (Å²) in [6.07, 6.45) is 3.47. The van der Waals surface area contributed by atoms with E-state index < -0.39 is 0 Å². The summed E-state index contributed by atoms with van der Waals surface area (Å²) < 4.78 is 1.65. The van der Waals surface area contributed by atoms with E-state index in [-0.39, 0.29) is 17.2 Å². The summed E-state index contributed by atoms with van der Waals surface area (Å²) in [7, 11) is 0. The lowest BCUT2D eigenvalue weighted by atomic mass is 10.2. The molecule has 1 saturated heterocycles. The Balaban J connectivity index is 2.13. The van der Waals surface area contributed by atoms with Crippen LogP contribution in [0.3, 0.4) is 0 Å². The summed E-state index contributed by atoms with van der Waals surface area (Å²) in [5.41, 5.74) is 6.25. The molecule has 2 aromatic rings. The van der Waals surface area contributed by atoms with Crippen LogP contribution in [0.2, 0.25) is 5.28 Å². The molecular formula is C11H12ClN5O. The molecule has 0 radical (unpaired) electrons. The largest absolute Gasteiger partial charge is 0.368 e. The van der Waals surface area contributed by atoms with Crippen LogP contribution < -0.4 is 10.6 Å². The molecule has 3 rings (SSSR count). The fourth-order valence-electron chi connectivity index (χ4n) is 2.42. The molecule has 1 aliphatic rings. The first-order valence-electron chi connectivity index (χ1n) is 5.73.